The van der Waals surface area contributed by atoms with E-state index in [1.165, 1.54) is 0 Å². The Bertz CT molecular complexity index is 500. The maximum Gasteiger partial charge on any atom is 0.411 e. The van der Waals surface area contributed by atoms with E-state index in [9.17, 15) is 18.0 Å². The normalized spacial score (nSPS) is 20.9. The van der Waals surface area contributed by atoms with Crippen molar-refractivity contribution in [1.29, 1.82) is 0 Å². The molecule has 2 fully saturated rings. The SMILES string of the molecule is CCNC(=NCCCOCC(F)(F)F)NC1CCN(C(=O)C2CCCC2)C1.I. The van der Waals surface area contributed by atoms with Gasteiger partial charge in [0.2, 0.25) is 5.91 Å². The summed E-state index contributed by atoms with van der Waals surface area (Å²) in [4.78, 5) is 18.8. The molecule has 164 valence electrons. The Balaban J connectivity index is 0.00000392. The summed E-state index contributed by atoms with van der Waals surface area (Å²) in [5.74, 6) is 1.11. The average molecular weight is 520 g/mol. The second-order valence-electron chi connectivity index (χ2n) is 7.18. The van der Waals surface area contributed by atoms with Crippen molar-refractivity contribution in [2.45, 2.75) is 57.7 Å². The van der Waals surface area contributed by atoms with Crippen molar-refractivity contribution in [3.8, 4) is 0 Å². The number of nitrogens with zero attached hydrogens (tertiary/aromatic N) is 2. The van der Waals surface area contributed by atoms with Gasteiger partial charge in [-0.05, 0) is 32.6 Å². The summed E-state index contributed by atoms with van der Waals surface area (Å²) in [6, 6.07) is 0.148. The van der Waals surface area contributed by atoms with Crippen molar-refractivity contribution in [2.75, 3.05) is 39.4 Å². The number of amides is 1. The van der Waals surface area contributed by atoms with E-state index in [0.717, 1.165) is 38.6 Å². The molecule has 1 aliphatic carbocycles. The van der Waals surface area contributed by atoms with E-state index < -0.39 is 12.8 Å². The van der Waals surface area contributed by atoms with Gasteiger partial charge in [0, 0.05) is 44.7 Å². The Kier molecular flexibility index (Phi) is 11.5. The van der Waals surface area contributed by atoms with Crippen molar-refractivity contribution in [2.24, 2.45) is 10.9 Å². The van der Waals surface area contributed by atoms with Crippen LogP contribution in [0.1, 0.15) is 45.4 Å². The number of ether oxygens (including phenoxy) is 1. The standard InChI is InChI=1S/C18H31F3N4O2.HI/c1-2-22-17(23-9-5-11-27-13-18(19,20)21)24-15-8-10-25(12-15)16(26)14-6-3-4-7-14;/h14-15H,2-13H2,1H3,(H2,22,23,24);1H. The van der Waals surface area contributed by atoms with Crippen molar-refractivity contribution >= 4 is 35.8 Å². The molecule has 0 radical (unpaired) electrons. The molecule has 1 heterocycles. The molecule has 28 heavy (non-hydrogen) atoms. The number of carbonyl (C=O) groups is 1. The molecule has 1 saturated carbocycles. The van der Waals surface area contributed by atoms with Gasteiger partial charge < -0.3 is 20.3 Å². The molecule has 1 atom stereocenters. The quantitative estimate of drug-likeness (QED) is 0.224. The summed E-state index contributed by atoms with van der Waals surface area (Å²) >= 11 is 0. The van der Waals surface area contributed by atoms with E-state index in [4.69, 9.17) is 0 Å². The van der Waals surface area contributed by atoms with Crippen LogP contribution in [-0.4, -0.2) is 68.4 Å². The van der Waals surface area contributed by atoms with Gasteiger partial charge in [-0.3, -0.25) is 9.79 Å². The van der Waals surface area contributed by atoms with E-state index in [1.54, 1.807) is 0 Å². The number of rotatable bonds is 8. The van der Waals surface area contributed by atoms with Crippen molar-refractivity contribution in [3.63, 3.8) is 0 Å². The smallest absolute Gasteiger partial charge is 0.372 e. The second-order valence-corrected chi connectivity index (χ2v) is 7.18. The van der Waals surface area contributed by atoms with Gasteiger partial charge in [0.05, 0.1) is 0 Å². The van der Waals surface area contributed by atoms with Crippen LogP contribution in [0.4, 0.5) is 13.2 Å². The fourth-order valence-electron chi connectivity index (χ4n) is 3.57. The van der Waals surface area contributed by atoms with Gasteiger partial charge in [0.15, 0.2) is 5.96 Å². The van der Waals surface area contributed by atoms with Gasteiger partial charge in [-0.1, -0.05) is 12.8 Å². The zero-order valence-electron chi connectivity index (χ0n) is 16.4. The lowest BCUT2D eigenvalue weighted by atomic mass is 10.1. The fraction of sp³-hybridized carbons (Fsp3) is 0.889. The molecule has 1 amide bonds. The average Bonchev–Trinajstić information content (AvgIpc) is 3.28. The van der Waals surface area contributed by atoms with Gasteiger partial charge >= 0.3 is 6.18 Å². The number of carbonyl (C=O) groups excluding carboxylic acids is 1. The van der Waals surface area contributed by atoms with Gasteiger partial charge in [0.1, 0.15) is 6.61 Å². The molecule has 0 aromatic heterocycles. The minimum atomic E-state index is -4.29. The third-order valence-corrected chi connectivity index (χ3v) is 4.87. The van der Waals surface area contributed by atoms with Crippen LogP contribution in [0.3, 0.4) is 0 Å². The Hall–Kier alpha value is -0.780. The highest BCUT2D eigenvalue weighted by Crippen LogP contribution is 2.27. The number of halogens is 4. The minimum absolute atomic E-state index is 0. The lowest BCUT2D eigenvalue weighted by molar-refractivity contribution is -0.173. The fourth-order valence-corrected chi connectivity index (χ4v) is 3.57. The molecule has 1 saturated heterocycles. The molecule has 6 nitrogen and oxygen atoms in total. The molecule has 1 unspecified atom stereocenters. The number of hydrogen-bond acceptors (Lipinski definition) is 3. The first kappa shape index (κ1) is 25.3. The first-order valence-electron chi connectivity index (χ1n) is 9.87. The van der Waals surface area contributed by atoms with Crippen LogP contribution in [0.15, 0.2) is 4.99 Å². The van der Waals surface area contributed by atoms with E-state index >= 15 is 0 Å². The van der Waals surface area contributed by atoms with Crippen LogP contribution in [0, 0.1) is 5.92 Å². The molecule has 10 heteroatoms. The second kappa shape index (κ2) is 12.7. The first-order chi connectivity index (χ1) is 12.9. The Labute approximate surface area is 182 Å². The van der Waals surface area contributed by atoms with E-state index in [-0.39, 0.29) is 48.5 Å². The highest BCUT2D eigenvalue weighted by Gasteiger charge is 2.32. The minimum Gasteiger partial charge on any atom is -0.372 e. The van der Waals surface area contributed by atoms with Crippen molar-refractivity contribution in [1.82, 2.24) is 15.5 Å². The van der Waals surface area contributed by atoms with Crippen LogP contribution < -0.4 is 10.6 Å². The van der Waals surface area contributed by atoms with Gasteiger partial charge in [-0.15, -0.1) is 24.0 Å². The molecular weight excluding hydrogens is 488 g/mol. The van der Waals surface area contributed by atoms with E-state index in [2.05, 4.69) is 20.4 Å². The number of guanidine groups is 1. The summed E-state index contributed by atoms with van der Waals surface area (Å²) in [6.45, 7) is 3.26. The van der Waals surface area contributed by atoms with Gasteiger partial charge in [-0.2, -0.15) is 13.2 Å². The number of alkyl halides is 3. The zero-order chi connectivity index (χ0) is 19.7. The first-order valence-corrected chi connectivity index (χ1v) is 9.87. The lowest BCUT2D eigenvalue weighted by Crippen LogP contribution is -2.45. The third kappa shape index (κ3) is 9.15. The van der Waals surface area contributed by atoms with Crippen LogP contribution in [0.5, 0.6) is 0 Å². The molecule has 2 aliphatic rings. The van der Waals surface area contributed by atoms with E-state index in [1.807, 2.05) is 11.8 Å². The largest absolute Gasteiger partial charge is 0.411 e. The third-order valence-electron chi connectivity index (χ3n) is 4.87. The molecule has 0 aromatic rings. The summed E-state index contributed by atoms with van der Waals surface area (Å²) < 4.78 is 40.6. The van der Waals surface area contributed by atoms with Crippen LogP contribution in [-0.2, 0) is 9.53 Å². The maximum atomic E-state index is 12.5. The number of likely N-dealkylation sites (tertiary alicyclic amines) is 1. The number of hydrogen-bond donors (Lipinski definition) is 2. The zero-order valence-corrected chi connectivity index (χ0v) is 18.7. The highest BCUT2D eigenvalue weighted by atomic mass is 127. The summed E-state index contributed by atoms with van der Waals surface area (Å²) in [6.07, 6.45) is 1.32. The molecular formula is C18H32F3IN4O2. The maximum absolute atomic E-state index is 12.5. The van der Waals surface area contributed by atoms with Gasteiger partial charge in [-0.25, -0.2) is 0 Å². The molecule has 2 rings (SSSR count). The summed E-state index contributed by atoms with van der Waals surface area (Å²) in [5.41, 5.74) is 0. The predicted octanol–water partition coefficient (Wildman–Crippen LogP) is 2.92. The van der Waals surface area contributed by atoms with Gasteiger partial charge in [0.25, 0.3) is 0 Å². The number of nitrogens with one attached hydrogen (secondary N) is 2. The predicted molar refractivity (Wildman–Crippen MR) is 113 cm³/mol. The molecule has 1 aliphatic heterocycles. The highest BCUT2D eigenvalue weighted by molar-refractivity contribution is 14.0. The van der Waals surface area contributed by atoms with Crippen LogP contribution in [0.25, 0.3) is 0 Å². The summed E-state index contributed by atoms with van der Waals surface area (Å²) in [7, 11) is 0. The molecule has 0 spiro atoms. The monoisotopic (exact) mass is 520 g/mol. The van der Waals surface area contributed by atoms with Crippen molar-refractivity contribution < 1.29 is 22.7 Å². The lowest BCUT2D eigenvalue weighted by Gasteiger charge is -2.21. The molecule has 2 N–H and O–H groups in total. The van der Waals surface area contributed by atoms with Crippen molar-refractivity contribution in [3.05, 3.63) is 0 Å². The summed E-state index contributed by atoms with van der Waals surface area (Å²) in [5, 5.41) is 6.47. The topological polar surface area (TPSA) is 66.0 Å². The Morgan fingerprint density at radius 1 is 1.25 bits per heavy atom. The van der Waals surface area contributed by atoms with Crippen LogP contribution >= 0.6 is 24.0 Å². The Morgan fingerprint density at radius 2 is 1.96 bits per heavy atom. The Morgan fingerprint density at radius 3 is 2.61 bits per heavy atom. The molecule has 0 aromatic carbocycles. The van der Waals surface area contributed by atoms with E-state index in [0.29, 0.717) is 32.0 Å². The molecule has 0 bridgehead atoms. The number of aliphatic imine (C=N–C) groups is 1. The van der Waals surface area contributed by atoms with Crippen LogP contribution in [0.2, 0.25) is 0 Å².